The van der Waals surface area contributed by atoms with Crippen LogP contribution in [0.25, 0.3) is 0 Å². The van der Waals surface area contributed by atoms with Gasteiger partial charge in [0.2, 0.25) is 5.91 Å². The zero-order valence-corrected chi connectivity index (χ0v) is 14.8. The third-order valence-electron chi connectivity index (χ3n) is 4.20. The second-order valence-electron chi connectivity index (χ2n) is 6.05. The van der Waals surface area contributed by atoms with Gasteiger partial charge in [0.05, 0.1) is 4.88 Å². The van der Waals surface area contributed by atoms with Crippen LogP contribution in [0.15, 0.2) is 6.07 Å². The van der Waals surface area contributed by atoms with Crippen LogP contribution in [0.4, 0.5) is 0 Å². The number of likely N-dealkylation sites (tertiary alicyclic amines) is 1. The van der Waals surface area contributed by atoms with Crippen molar-refractivity contribution >= 4 is 23.2 Å². The standard InChI is InChI=1S/C17H26N2O2S/c1-5-8-14-12(6-2)11-15(22-14)17(21)19-10-7-9-13(19)16(20)18(3)4/h11,13H,5-10H2,1-4H3. The van der Waals surface area contributed by atoms with Crippen molar-refractivity contribution in [1.82, 2.24) is 9.80 Å². The molecular formula is C17H26N2O2S. The first-order valence-electron chi connectivity index (χ1n) is 8.13. The average Bonchev–Trinajstić information content (AvgIpc) is 3.12. The van der Waals surface area contributed by atoms with E-state index < -0.39 is 0 Å². The second-order valence-corrected chi connectivity index (χ2v) is 7.19. The van der Waals surface area contributed by atoms with Gasteiger partial charge in [0, 0.05) is 25.5 Å². The van der Waals surface area contributed by atoms with E-state index in [2.05, 4.69) is 13.8 Å². The molecule has 0 bridgehead atoms. The molecule has 1 aromatic heterocycles. The highest BCUT2D eigenvalue weighted by Gasteiger charge is 2.36. The summed E-state index contributed by atoms with van der Waals surface area (Å²) >= 11 is 1.61. The van der Waals surface area contributed by atoms with Gasteiger partial charge in [-0.2, -0.15) is 0 Å². The summed E-state index contributed by atoms with van der Waals surface area (Å²) in [6.07, 6.45) is 4.76. The van der Waals surface area contributed by atoms with Crippen molar-refractivity contribution in [2.45, 2.75) is 52.0 Å². The van der Waals surface area contributed by atoms with Crippen molar-refractivity contribution in [3.8, 4) is 0 Å². The van der Waals surface area contributed by atoms with Crippen LogP contribution >= 0.6 is 11.3 Å². The van der Waals surface area contributed by atoms with Gasteiger partial charge in [0.1, 0.15) is 6.04 Å². The highest BCUT2D eigenvalue weighted by molar-refractivity contribution is 7.14. The molecule has 2 amide bonds. The molecule has 1 saturated heterocycles. The summed E-state index contributed by atoms with van der Waals surface area (Å²) in [7, 11) is 3.51. The molecule has 1 aliphatic heterocycles. The molecule has 0 N–H and O–H groups in total. The third-order valence-corrected chi connectivity index (χ3v) is 5.43. The number of amides is 2. The van der Waals surface area contributed by atoms with Gasteiger partial charge in [0.25, 0.3) is 5.91 Å². The average molecular weight is 322 g/mol. The van der Waals surface area contributed by atoms with E-state index in [1.54, 1.807) is 35.2 Å². The van der Waals surface area contributed by atoms with Crippen LogP contribution in [0.2, 0.25) is 0 Å². The fourth-order valence-corrected chi connectivity index (χ4v) is 4.33. The van der Waals surface area contributed by atoms with E-state index in [1.807, 2.05) is 6.07 Å². The predicted molar refractivity (Wildman–Crippen MR) is 90.4 cm³/mol. The van der Waals surface area contributed by atoms with E-state index in [9.17, 15) is 9.59 Å². The quantitative estimate of drug-likeness (QED) is 0.836. The number of thiophene rings is 1. The molecule has 0 aliphatic carbocycles. The molecule has 1 fully saturated rings. The van der Waals surface area contributed by atoms with Crippen molar-refractivity contribution in [3.05, 3.63) is 21.4 Å². The van der Waals surface area contributed by atoms with Crippen LogP contribution in [-0.4, -0.2) is 48.3 Å². The van der Waals surface area contributed by atoms with Crippen LogP contribution < -0.4 is 0 Å². The Labute approximate surface area is 137 Å². The number of nitrogens with zero attached hydrogens (tertiary/aromatic N) is 2. The van der Waals surface area contributed by atoms with Crippen LogP contribution in [0.5, 0.6) is 0 Å². The van der Waals surface area contributed by atoms with Gasteiger partial charge in [-0.05, 0) is 37.3 Å². The Morgan fingerprint density at radius 1 is 1.36 bits per heavy atom. The van der Waals surface area contributed by atoms with Gasteiger partial charge >= 0.3 is 0 Å². The minimum Gasteiger partial charge on any atom is -0.347 e. The molecule has 4 nitrogen and oxygen atoms in total. The highest BCUT2D eigenvalue weighted by atomic mass is 32.1. The molecule has 0 spiro atoms. The third kappa shape index (κ3) is 3.35. The van der Waals surface area contributed by atoms with Crippen molar-refractivity contribution < 1.29 is 9.59 Å². The van der Waals surface area contributed by atoms with Crippen LogP contribution in [0, 0.1) is 0 Å². The lowest BCUT2D eigenvalue weighted by Gasteiger charge is -2.25. The summed E-state index contributed by atoms with van der Waals surface area (Å²) in [5.41, 5.74) is 1.28. The zero-order valence-electron chi connectivity index (χ0n) is 14.0. The second kappa shape index (κ2) is 7.27. The lowest BCUT2D eigenvalue weighted by atomic mass is 10.1. The molecule has 122 valence electrons. The normalized spacial score (nSPS) is 17.8. The molecule has 2 heterocycles. The first-order chi connectivity index (χ1) is 10.5. The molecule has 1 unspecified atom stereocenters. The smallest absolute Gasteiger partial charge is 0.264 e. The Morgan fingerprint density at radius 3 is 2.68 bits per heavy atom. The predicted octanol–water partition coefficient (Wildman–Crippen LogP) is 2.96. The molecule has 1 atom stereocenters. The van der Waals surface area contributed by atoms with Crippen molar-refractivity contribution in [2.24, 2.45) is 0 Å². The zero-order chi connectivity index (χ0) is 16.3. The molecular weight excluding hydrogens is 296 g/mol. The summed E-state index contributed by atoms with van der Waals surface area (Å²) in [5, 5.41) is 0. The van der Waals surface area contributed by atoms with E-state index in [1.165, 1.54) is 10.4 Å². The topological polar surface area (TPSA) is 40.6 Å². The van der Waals surface area contributed by atoms with Crippen molar-refractivity contribution in [2.75, 3.05) is 20.6 Å². The summed E-state index contributed by atoms with van der Waals surface area (Å²) < 4.78 is 0. The molecule has 1 aliphatic rings. The Morgan fingerprint density at radius 2 is 2.09 bits per heavy atom. The number of rotatable bonds is 5. The number of carbonyl (C=O) groups is 2. The lowest BCUT2D eigenvalue weighted by molar-refractivity contribution is -0.132. The minimum absolute atomic E-state index is 0.0275. The van der Waals surface area contributed by atoms with Crippen LogP contribution in [0.3, 0.4) is 0 Å². The molecule has 0 aromatic carbocycles. The maximum Gasteiger partial charge on any atom is 0.264 e. The Kier molecular flexibility index (Phi) is 5.62. The maximum atomic E-state index is 12.8. The van der Waals surface area contributed by atoms with Gasteiger partial charge in [-0.15, -0.1) is 11.3 Å². The SMILES string of the molecule is CCCc1sc(C(=O)N2CCCC2C(=O)N(C)C)cc1CC. The van der Waals surface area contributed by atoms with E-state index >= 15 is 0 Å². The first kappa shape index (κ1) is 17.0. The number of aryl methyl sites for hydroxylation is 2. The van der Waals surface area contributed by atoms with Crippen molar-refractivity contribution in [1.29, 1.82) is 0 Å². The fourth-order valence-electron chi connectivity index (χ4n) is 3.02. The van der Waals surface area contributed by atoms with Crippen molar-refractivity contribution in [3.63, 3.8) is 0 Å². The molecule has 5 heteroatoms. The maximum absolute atomic E-state index is 12.8. The first-order valence-corrected chi connectivity index (χ1v) is 8.94. The van der Waals surface area contributed by atoms with E-state index in [0.717, 1.165) is 37.0 Å². The van der Waals surface area contributed by atoms with Gasteiger partial charge in [-0.25, -0.2) is 0 Å². The van der Waals surface area contributed by atoms with Gasteiger partial charge in [-0.1, -0.05) is 20.3 Å². The van der Waals surface area contributed by atoms with E-state index in [-0.39, 0.29) is 17.9 Å². The molecule has 22 heavy (non-hydrogen) atoms. The Hall–Kier alpha value is -1.36. The summed E-state index contributed by atoms with van der Waals surface area (Å²) in [4.78, 5) is 30.6. The van der Waals surface area contributed by atoms with Gasteiger partial charge < -0.3 is 9.80 Å². The molecule has 1 aromatic rings. The van der Waals surface area contributed by atoms with Crippen LogP contribution in [-0.2, 0) is 17.6 Å². The largest absolute Gasteiger partial charge is 0.347 e. The van der Waals surface area contributed by atoms with E-state index in [0.29, 0.717) is 6.54 Å². The monoisotopic (exact) mass is 322 g/mol. The number of carbonyl (C=O) groups excluding carboxylic acids is 2. The van der Waals surface area contributed by atoms with Crippen LogP contribution in [0.1, 0.15) is 53.2 Å². The van der Waals surface area contributed by atoms with Gasteiger partial charge in [-0.3, -0.25) is 9.59 Å². The minimum atomic E-state index is -0.288. The lowest BCUT2D eigenvalue weighted by Crippen LogP contribution is -2.45. The summed E-state index contributed by atoms with van der Waals surface area (Å²) in [6, 6.07) is 1.75. The fraction of sp³-hybridized carbons (Fsp3) is 0.647. The number of hydrogen-bond acceptors (Lipinski definition) is 3. The van der Waals surface area contributed by atoms with Gasteiger partial charge in [0.15, 0.2) is 0 Å². The number of likely N-dealkylation sites (N-methyl/N-ethyl adjacent to an activating group) is 1. The summed E-state index contributed by atoms with van der Waals surface area (Å²) in [6.45, 7) is 4.97. The van der Waals surface area contributed by atoms with E-state index in [4.69, 9.17) is 0 Å². The number of hydrogen-bond donors (Lipinski definition) is 0. The molecule has 0 radical (unpaired) electrons. The Balaban J connectivity index is 2.21. The highest BCUT2D eigenvalue weighted by Crippen LogP contribution is 2.28. The molecule has 2 rings (SSSR count). The Bertz CT molecular complexity index is 551. The molecule has 0 saturated carbocycles. The summed E-state index contributed by atoms with van der Waals surface area (Å²) in [5.74, 6) is 0.0617.